The molecule has 108 valence electrons. The Bertz CT molecular complexity index is 703. The van der Waals surface area contributed by atoms with Crippen molar-refractivity contribution in [3.8, 4) is 11.6 Å². The van der Waals surface area contributed by atoms with Gasteiger partial charge in [-0.05, 0) is 43.9 Å². The molecule has 0 radical (unpaired) electrons. The van der Waals surface area contributed by atoms with Crippen molar-refractivity contribution in [3.05, 3.63) is 46.4 Å². The zero-order valence-electron chi connectivity index (χ0n) is 11.2. The fourth-order valence-electron chi connectivity index (χ4n) is 2.40. The van der Waals surface area contributed by atoms with Gasteiger partial charge in [-0.15, -0.1) is 0 Å². The van der Waals surface area contributed by atoms with Crippen LogP contribution in [-0.4, -0.2) is 21.0 Å². The average molecular weight is 305 g/mol. The molecule has 1 N–H and O–H groups in total. The number of rotatable bonds is 3. The second kappa shape index (κ2) is 5.69. The van der Waals surface area contributed by atoms with E-state index in [0.29, 0.717) is 11.6 Å². The molecule has 1 aromatic carbocycles. The third kappa shape index (κ3) is 2.83. The molecule has 0 atom stereocenters. The molecule has 3 rings (SSSR count). The van der Waals surface area contributed by atoms with E-state index >= 15 is 0 Å². The van der Waals surface area contributed by atoms with Gasteiger partial charge in [0.05, 0.1) is 16.3 Å². The molecule has 1 aromatic heterocycles. The van der Waals surface area contributed by atoms with Crippen LogP contribution in [0.4, 0.5) is 0 Å². The third-order valence-electron chi connectivity index (χ3n) is 3.47. The van der Waals surface area contributed by atoms with E-state index in [1.165, 1.54) is 18.5 Å². The molecule has 2 aromatic rings. The Balaban J connectivity index is 1.92. The van der Waals surface area contributed by atoms with Crippen molar-refractivity contribution in [3.63, 3.8) is 0 Å². The molecule has 0 spiro atoms. The molecule has 0 saturated heterocycles. The second-order valence-corrected chi connectivity index (χ2v) is 5.27. The van der Waals surface area contributed by atoms with Gasteiger partial charge in [0.25, 0.3) is 0 Å². The van der Waals surface area contributed by atoms with Crippen molar-refractivity contribution in [1.29, 1.82) is 0 Å². The van der Waals surface area contributed by atoms with Crippen LogP contribution >= 0.6 is 11.6 Å². The van der Waals surface area contributed by atoms with Gasteiger partial charge in [0.15, 0.2) is 0 Å². The number of aryl methyl sites for hydroxylation is 1. The molecular weight excluding hydrogens is 292 g/mol. The van der Waals surface area contributed by atoms with Gasteiger partial charge in [0.2, 0.25) is 5.88 Å². The number of carboxylic acid groups (broad SMARTS) is 1. The molecule has 0 saturated carbocycles. The molecule has 21 heavy (non-hydrogen) atoms. The number of hydrogen-bond donors (Lipinski definition) is 1. The summed E-state index contributed by atoms with van der Waals surface area (Å²) in [5.41, 5.74) is 2.16. The van der Waals surface area contributed by atoms with E-state index < -0.39 is 5.97 Å². The standard InChI is InChI=1S/C15H13ClN2O3/c16-11-7-9(15(19)20)5-6-13(11)21-14-10-3-1-2-4-12(10)17-8-18-14/h5-8H,1-4H2,(H,19,20). The van der Waals surface area contributed by atoms with Crippen molar-refractivity contribution in [2.75, 3.05) is 0 Å². The molecule has 0 unspecified atom stereocenters. The number of hydrogen-bond acceptors (Lipinski definition) is 4. The first kappa shape index (κ1) is 13.8. The van der Waals surface area contributed by atoms with Crippen LogP contribution in [0.1, 0.15) is 34.5 Å². The lowest BCUT2D eigenvalue weighted by Crippen LogP contribution is -2.08. The Labute approximate surface area is 126 Å². The molecule has 0 amide bonds. The highest BCUT2D eigenvalue weighted by Crippen LogP contribution is 2.33. The molecular formula is C15H13ClN2O3. The van der Waals surface area contributed by atoms with E-state index in [2.05, 4.69) is 9.97 Å². The third-order valence-corrected chi connectivity index (χ3v) is 3.77. The molecule has 1 heterocycles. The van der Waals surface area contributed by atoms with Crippen molar-refractivity contribution in [2.24, 2.45) is 0 Å². The maximum absolute atomic E-state index is 10.9. The molecule has 1 aliphatic rings. The molecule has 1 aliphatic carbocycles. The van der Waals surface area contributed by atoms with Crippen LogP contribution in [0.5, 0.6) is 11.6 Å². The number of benzene rings is 1. The maximum Gasteiger partial charge on any atom is 0.335 e. The quantitative estimate of drug-likeness (QED) is 0.939. The summed E-state index contributed by atoms with van der Waals surface area (Å²) >= 11 is 6.07. The van der Waals surface area contributed by atoms with Gasteiger partial charge in [-0.25, -0.2) is 14.8 Å². The Morgan fingerprint density at radius 1 is 1.24 bits per heavy atom. The van der Waals surface area contributed by atoms with Crippen LogP contribution in [0.2, 0.25) is 5.02 Å². The van der Waals surface area contributed by atoms with E-state index in [9.17, 15) is 4.79 Å². The highest BCUT2D eigenvalue weighted by atomic mass is 35.5. The zero-order valence-corrected chi connectivity index (χ0v) is 11.9. The number of ether oxygens (including phenoxy) is 1. The second-order valence-electron chi connectivity index (χ2n) is 4.86. The van der Waals surface area contributed by atoms with Crippen LogP contribution in [-0.2, 0) is 12.8 Å². The number of carbonyl (C=O) groups is 1. The highest BCUT2D eigenvalue weighted by Gasteiger charge is 2.18. The fraction of sp³-hybridized carbons (Fsp3) is 0.267. The number of aromatic nitrogens is 2. The number of carboxylic acids is 1. The number of halogens is 1. The summed E-state index contributed by atoms with van der Waals surface area (Å²) < 4.78 is 5.77. The molecule has 0 fully saturated rings. The number of aromatic carboxylic acids is 1. The van der Waals surface area contributed by atoms with Gasteiger partial charge >= 0.3 is 5.97 Å². The molecule has 0 bridgehead atoms. The van der Waals surface area contributed by atoms with Crippen LogP contribution in [0, 0.1) is 0 Å². The lowest BCUT2D eigenvalue weighted by atomic mass is 9.97. The first-order valence-corrected chi connectivity index (χ1v) is 7.06. The predicted molar refractivity (Wildman–Crippen MR) is 77.2 cm³/mol. The van der Waals surface area contributed by atoms with E-state index in [4.69, 9.17) is 21.4 Å². The maximum atomic E-state index is 10.9. The first-order chi connectivity index (χ1) is 10.1. The SMILES string of the molecule is O=C(O)c1ccc(Oc2ncnc3c2CCCC3)c(Cl)c1. The van der Waals surface area contributed by atoms with E-state index in [1.54, 1.807) is 6.07 Å². The van der Waals surface area contributed by atoms with Crippen molar-refractivity contribution in [1.82, 2.24) is 9.97 Å². The fourth-order valence-corrected chi connectivity index (χ4v) is 2.62. The summed E-state index contributed by atoms with van der Waals surface area (Å²) in [6.07, 6.45) is 5.51. The minimum absolute atomic E-state index is 0.122. The monoisotopic (exact) mass is 304 g/mol. The Morgan fingerprint density at radius 2 is 2.05 bits per heavy atom. The summed E-state index contributed by atoms with van der Waals surface area (Å²) in [6, 6.07) is 4.37. The topological polar surface area (TPSA) is 72.3 Å². The number of nitrogens with zero attached hydrogens (tertiary/aromatic N) is 2. The van der Waals surface area contributed by atoms with Crippen LogP contribution < -0.4 is 4.74 Å². The molecule has 0 aliphatic heterocycles. The van der Waals surface area contributed by atoms with Gasteiger partial charge in [0.1, 0.15) is 12.1 Å². The van der Waals surface area contributed by atoms with Crippen LogP contribution in [0.25, 0.3) is 0 Å². The number of fused-ring (bicyclic) bond motifs is 1. The summed E-state index contributed by atoms with van der Waals surface area (Å²) in [6.45, 7) is 0. The normalized spacial score (nSPS) is 13.6. The highest BCUT2D eigenvalue weighted by molar-refractivity contribution is 6.32. The van der Waals surface area contributed by atoms with Crippen molar-refractivity contribution < 1.29 is 14.6 Å². The van der Waals surface area contributed by atoms with Crippen LogP contribution in [0.15, 0.2) is 24.5 Å². The Hall–Kier alpha value is -2.14. The average Bonchev–Trinajstić information content (AvgIpc) is 2.49. The van der Waals surface area contributed by atoms with Crippen molar-refractivity contribution >= 4 is 17.6 Å². The van der Waals surface area contributed by atoms with Gasteiger partial charge < -0.3 is 9.84 Å². The van der Waals surface area contributed by atoms with Gasteiger partial charge in [-0.3, -0.25) is 0 Å². The largest absolute Gasteiger partial charge is 0.478 e. The predicted octanol–water partition coefficient (Wildman–Crippen LogP) is 3.50. The lowest BCUT2D eigenvalue weighted by Gasteiger charge is -2.17. The summed E-state index contributed by atoms with van der Waals surface area (Å²) in [5, 5.41) is 9.18. The van der Waals surface area contributed by atoms with E-state index in [-0.39, 0.29) is 10.6 Å². The van der Waals surface area contributed by atoms with Gasteiger partial charge in [-0.2, -0.15) is 0 Å². The van der Waals surface area contributed by atoms with Gasteiger partial charge in [-0.1, -0.05) is 11.6 Å². The molecule has 6 heteroatoms. The van der Waals surface area contributed by atoms with Crippen molar-refractivity contribution in [2.45, 2.75) is 25.7 Å². The first-order valence-electron chi connectivity index (χ1n) is 6.68. The van der Waals surface area contributed by atoms with E-state index in [1.807, 2.05) is 0 Å². The summed E-state index contributed by atoms with van der Waals surface area (Å²) in [5.74, 6) is -0.124. The summed E-state index contributed by atoms with van der Waals surface area (Å²) in [4.78, 5) is 19.4. The van der Waals surface area contributed by atoms with Crippen LogP contribution in [0.3, 0.4) is 0 Å². The Morgan fingerprint density at radius 3 is 2.81 bits per heavy atom. The lowest BCUT2D eigenvalue weighted by molar-refractivity contribution is 0.0697. The summed E-state index contributed by atoms with van der Waals surface area (Å²) in [7, 11) is 0. The minimum atomic E-state index is -1.03. The van der Waals surface area contributed by atoms with Gasteiger partial charge in [0, 0.05) is 5.56 Å². The zero-order chi connectivity index (χ0) is 14.8. The molecule has 5 nitrogen and oxygen atoms in total. The smallest absolute Gasteiger partial charge is 0.335 e. The van der Waals surface area contributed by atoms with E-state index in [0.717, 1.165) is 36.9 Å². The Kier molecular flexibility index (Phi) is 3.75. The minimum Gasteiger partial charge on any atom is -0.478 e.